The molecule has 56 valence electrons. The first-order valence-corrected chi connectivity index (χ1v) is 2.39. The maximum atomic E-state index is 12.3. The van der Waals surface area contributed by atoms with Crippen LogP contribution < -0.4 is 0 Å². The van der Waals surface area contributed by atoms with Crippen LogP contribution in [0.1, 0.15) is 5.82 Å². The maximum Gasteiger partial charge on any atom is 0.332 e. The van der Waals surface area contributed by atoms with E-state index in [0.717, 1.165) is 0 Å². The van der Waals surface area contributed by atoms with Gasteiger partial charge in [-0.15, -0.1) is 10.2 Å². The Morgan fingerprint density at radius 2 is 2.30 bits per heavy atom. The zero-order chi connectivity index (χ0) is 7.61. The molecule has 0 fully saturated rings. The van der Waals surface area contributed by atoms with Crippen LogP contribution in [-0.4, -0.2) is 32.3 Å². The Labute approximate surface area is 54.1 Å². The molecule has 0 aliphatic heterocycles. The van der Waals surface area contributed by atoms with Crippen LogP contribution in [0.25, 0.3) is 0 Å². The van der Waals surface area contributed by atoms with Crippen molar-refractivity contribution in [1.82, 2.24) is 20.6 Å². The lowest BCUT2D eigenvalue weighted by Crippen LogP contribution is -2.20. The zero-order valence-electron chi connectivity index (χ0n) is 4.75. The molecule has 0 aromatic carbocycles. The predicted molar refractivity (Wildman–Crippen MR) is 25.2 cm³/mol. The second-order valence-electron chi connectivity index (χ2n) is 1.60. The SMILES string of the molecule is OCC(F)(F)c1nn[nH]n1. The number of tetrazole rings is 1. The number of hydrogen-bond donors (Lipinski definition) is 2. The molecule has 0 aliphatic rings. The van der Waals surface area contributed by atoms with Crippen molar-refractivity contribution in [3.8, 4) is 0 Å². The van der Waals surface area contributed by atoms with Crippen LogP contribution in [0.4, 0.5) is 8.78 Å². The summed E-state index contributed by atoms with van der Waals surface area (Å²) in [4.78, 5) is 0. The molecule has 0 aliphatic carbocycles. The Balaban J connectivity index is 2.85. The second kappa shape index (κ2) is 2.25. The molecule has 0 amide bonds. The second-order valence-corrected chi connectivity index (χ2v) is 1.60. The maximum absolute atomic E-state index is 12.3. The Kier molecular flexibility index (Phi) is 1.58. The fourth-order valence-corrected chi connectivity index (χ4v) is 0.387. The van der Waals surface area contributed by atoms with Crippen LogP contribution in [0, 0.1) is 0 Å². The normalized spacial score (nSPS) is 11.9. The third-order valence-electron chi connectivity index (χ3n) is 0.871. The van der Waals surface area contributed by atoms with Crippen molar-refractivity contribution in [2.24, 2.45) is 0 Å². The van der Waals surface area contributed by atoms with E-state index in [4.69, 9.17) is 5.11 Å². The van der Waals surface area contributed by atoms with Gasteiger partial charge in [-0.25, -0.2) is 0 Å². The molecule has 1 aromatic heterocycles. The summed E-state index contributed by atoms with van der Waals surface area (Å²) in [7, 11) is 0. The van der Waals surface area contributed by atoms with E-state index in [2.05, 4.69) is 15.4 Å². The molecule has 5 nitrogen and oxygen atoms in total. The van der Waals surface area contributed by atoms with Crippen molar-refractivity contribution >= 4 is 0 Å². The molecule has 7 heteroatoms. The molecular formula is C3H4F2N4O. The molecule has 2 N–H and O–H groups in total. The van der Waals surface area contributed by atoms with Gasteiger partial charge in [-0.2, -0.15) is 14.0 Å². The van der Waals surface area contributed by atoms with Crippen molar-refractivity contribution in [2.45, 2.75) is 5.92 Å². The number of aromatic amines is 1. The molecular weight excluding hydrogens is 146 g/mol. The van der Waals surface area contributed by atoms with E-state index in [1.807, 2.05) is 5.21 Å². The van der Waals surface area contributed by atoms with Crippen molar-refractivity contribution in [1.29, 1.82) is 0 Å². The molecule has 0 saturated carbocycles. The average Bonchev–Trinajstić information content (AvgIpc) is 2.38. The third kappa shape index (κ3) is 1.08. The van der Waals surface area contributed by atoms with Crippen molar-refractivity contribution in [3.05, 3.63) is 5.82 Å². The fraction of sp³-hybridized carbons (Fsp3) is 0.667. The number of alkyl halides is 2. The van der Waals surface area contributed by atoms with E-state index >= 15 is 0 Å². The van der Waals surface area contributed by atoms with E-state index < -0.39 is 18.4 Å². The summed E-state index contributed by atoms with van der Waals surface area (Å²) in [6, 6.07) is 0. The standard InChI is InChI=1S/C3H4F2N4O/c4-3(5,1-10)2-6-8-9-7-2/h10H,1H2,(H,6,7,8,9). The smallest absolute Gasteiger partial charge is 0.332 e. The molecule has 0 bridgehead atoms. The fourth-order valence-electron chi connectivity index (χ4n) is 0.387. The number of halogens is 2. The summed E-state index contributed by atoms with van der Waals surface area (Å²) >= 11 is 0. The number of H-pyrrole nitrogens is 1. The molecule has 0 spiro atoms. The lowest BCUT2D eigenvalue weighted by molar-refractivity contribution is -0.0630. The number of hydrogen-bond acceptors (Lipinski definition) is 4. The van der Waals surface area contributed by atoms with Gasteiger partial charge in [0.1, 0.15) is 6.61 Å². The summed E-state index contributed by atoms with van der Waals surface area (Å²) in [6.07, 6.45) is 0. The Morgan fingerprint density at radius 1 is 1.60 bits per heavy atom. The van der Waals surface area contributed by atoms with Gasteiger partial charge in [-0.05, 0) is 5.21 Å². The van der Waals surface area contributed by atoms with Gasteiger partial charge in [0.25, 0.3) is 0 Å². The lowest BCUT2D eigenvalue weighted by atomic mass is 10.3. The summed E-state index contributed by atoms with van der Waals surface area (Å²) in [6.45, 7) is -1.31. The van der Waals surface area contributed by atoms with Gasteiger partial charge in [0.2, 0.25) is 5.82 Å². The molecule has 0 saturated heterocycles. The monoisotopic (exact) mass is 150 g/mol. The van der Waals surface area contributed by atoms with Crippen LogP contribution >= 0.6 is 0 Å². The van der Waals surface area contributed by atoms with Crippen LogP contribution in [0.5, 0.6) is 0 Å². The summed E-state index contributed by atoms with van der Waals surface area (Å²) < 4.78 is 24.6. The molecule has 1 heterocycles. The largest absolute Gasteiger partial charge is 0.390 e. The first kappa shape index (κ1) is 7.00. The predicted octanol–water partition coefficient (Wildman–Crippen LogP) is -0.716. The van der Waals surface area contributed by atoms with Crippen LogP contribution in [0.3, 0.4) is 0 Å². The van der Waals surface area contributed by atoms with Gasteiger partial charge in [0, 0.05) is 0 Å². The summed E-state index contributed by atoms with van der Waals surface area (Å²) in [5, 5.41) is 18.9. The van der Waals surface area contributed by atoms with Gasteiger partial charge >= 0.3 is 5.92 Å². The summed E-state index contributed by atoms with van der Waals surface area (Å²) in [5.74, 6) is -4.19. The molecule has 1 rings (SSSR count). The minimum Gasteiger partial charge on any atom is -0.390 e. The highest BCUT2D eigenvalue weighted by atomic mass is 19.3. The number of aliphatic hydroxyl groups excluding tert-OH is 1. The van der Waals surface area contributed by atoms with Gasteiger partial charge in [0.05, 0.1) is 0 Å². The van der Waals surface area contributed by atoms with Gasteiger partial charge in [0.15, 0.2) is 0 Å². The number of rotatable bonds is 2. The molecule has 1 aromatic rings. The highest BCUT2D eigenvalue weighted by molar-refractivity contribution is 4.89. The first-order valence-electron chi connectivity index (χ1n) is 2.39. The van der Waals surface area contributed by atoms with E-state index in [1.54, 1.807) is 0 Å². The number of aromatic nitrogens is 4. The Bertz CT molecular complexity index is 198. The van der Waals surface area contributed by atoms with Crippen LogP contribution in [-0.2, 0) is 5.92 Å². The Hall–Kier alpha value is -1.11. The number of nitrogens with one attached hydrogen (secondary N) is 1. The number of nitrogens with zero attached hydrogens (tertiary/aromatic N) is 3. The first-order chi connectivity index (χ1) is 4.67. The van der Waals surface area contributed by atoms with E-state index in [1.165, 1.54) is 0 Å². The summed E-state index contributed by atoms with van der Waals surface area (Å²) in [5.41, 5.74) is 0. The van der Waals surface area contributed by atoms with Crippen LogP contribution in [0.15, 0.2) is 0 Å². The van der Waals surface area contributed by atoms with E-state index in [-0.39, 0.29) is 0 Å². The molecule has 0 radical (unpaired) electrons. The molecule has 10 heavy (non-hydrogen) atoms. The number of aliphatic hydroxyl groups is 1. The van der Waals surface area contributed by atoms with E-state index in [9.17, 15) is 8.78 Å². The van der Waals surface area contributed by atoms with Gasteiger partial charge in [-0.3, -0.25) is 0 Å². The highest BCUT2D eigenvalue weighted by Gasteiger charge is 2.35. The minimum absolute atomic E-state index is 0.796. The quantitative estimate of drug-likeness (QED) is 0.583. The average molecular weight is 150 g/mol. The van der Waals surface area contributed by atoms with Crippen molar-refractivity contribution in [2.75, 3.05) is 6.61 Å². The van der Waals surface area contributed by atoms with Crippen LogP contribution in [0.2, 0.25) is 0 Å². The third-order valence-corrected chi connectivity index (χ3v) is 0.871. The Morgan fingerprint density at radius 3 is 2.70 bits per heavy atom. The highest BCUT2D eigenvalue weighted by Crippen LogP contribution is 2.21. The lowest BCUT2D eigenvalue weighted by Gasteiger charge is -2.05. The van der Waals surface area contributed by atoms with Gasteiger partial charge in [-0.1, -0.05) is 0 Å². The topological polar surface area (TPSA) is 74.7 Å². The zero-order valence-corrected chi connectivity index (χ0v) is 4.75. The van der Waals surface area contributed by atoms with Gasteiger partial charge < -0.3 is 5.11 Å². The van der Waals surface area contributed by atoms with E-state index in [0.29, 0.717) is 0 Å². The van der Waals surface area contributed by atoms with Crippen molar-refractivity contribution < 1.29 is 13.9 Å². The minimum atomic E-state index is -3.40. The molecule has 0 unspecified atom stereocenters. The van der Waals surface area contributed by atoms with Crippen molar-refractivity contribution in [3.63, 3.8) is 0 Å². The molecule has 0 atom stereocenters.